The van der Waals surface area contributed by atoms with Crippen LogP contribution in [0.4, 0.5) is 5.69 Å². The molecule has 0 aliphatic carbocycles. The van der Waals surface area contributed by atoms with Crippen molar-refractivity contribution in [2.75, 3.05) is 24.7 Å². The van der Waals surface area contributed by atoms with Gasteiger partial charge in [-0.3, -0.25) is 4.79 Å². The third-order valence-corrected chi connectivity index (χ3v) is 8.02. The van der Waals surface area contributed by atoms with Crippen LogP contribution in [0, 0.1) is 12.8 Å². The van der Waals surface area contributed by atoms with Crippen molar-refractivity contribution in [2.45, 2.75) is 29.6 Å². The molecule has 0 aromatic heterocycles. The second kappa shape index (κ2) is 8.86. The van der Waals surface area contributed by atoms with E-state index in [1.54, 1.807) is 30.0 Å². The number of aryl methyl sites for hydroxylation is 1. The number of piperidine rings is 1. The lowest BCUT2D eigenvalue weighted by molar-refractivity contribution is -0.120. The summed E-state index contributed by atoms with van der Waals surface area (Å²) in [5, 5.41) is 3.49. The number of halogens is 1. The molecule has 0 spiro atoms. The van der Waals surface area contributed by atoms with Gasteiger partial charge >= 0.3 is 0 Å². The predicted molar refractivity (Wildman–Crippen MR) is 115 cm³/mol. The molecule has 150 valence electrons. The Labute approximate surface area is 175 Å². The highest BCUT2D eigenvalue weighted by atomic mass is 35.5. The van der Waals surface area contributed by atoms with Gasteiger partial charge in [0.05, 0.1) is 4.90 Å². The zero-order valence-electron chi connectivity index (χ0n) is 15.8. The fourth-order valence-electron chi connectivity index (χ4n) is 3.17. The van der Waals surface area contributed by atoms with Crippen molar-refractivity contribution in [1.29, 1.82) is 0 Å². The van der Waals surface area contributed by atoms with Crippen LogP contribution in [0.5, 0.6) is 0 Å². The van der Waals surface area contributed by atoms with Gasteiger partial charge in [0, 0.05) is 34.6 Å². The smallest absolute Gasteiger partial charge is 0.243 e. The van der Waals surface area contributed by atoms with Gasteiger partial charge in [-0.2, -0.15) is 4.31 Å². The monoisotopic (exact) mass is 438 g/mol. The molecule has 28 heavy (non-hydrogen) atoms. The van der Waals surface area contributed by atoms with E-state index < -0.39 is 10.0 Å². The lowest BCUT2D eigenvalue weighted by atomic mass is 9.97. The van der Waals surface area contributed by atoms with Crippen molar-refractivity contribution in [1.82, 2.24) is 4.31 Å². The number of nitrogens with zero attached hydrogens (tertiary/aromatic N) is 1. The normalized spacial score (nSPS) is 16.1. The SMILES string of the molecule is CSc1ccc(S(=O)(=O)N2CCC(C(=O)Nc3ccc(C)c(Cl)c3)CC2)cc1. The van der Waals surface area contributed by atoms with E-state index in [1.807, 2.05) is 37.4 Å². The summed E-state index contributed by atoms with van der Waals surface area (Å²) < 4.78 is 27.1. The first-order chi connectivity index (χ1) is 13.3. The molecule has 1 heterocycles. The Morgan fingerprint density at radius 3 is 2.36 bits per heavy atom. The molecule has 1 aliphatic heterocycles. The maximum Gasteiger partial charge on any atom is 0.243 e. The van der Waals surface area contributed by atoms with E-state index in [2.05, 4.69) is 5.32 Å². The van der Waals surface area contributed by atoms with Gasteiger partial charge in [-0.15, -0.1) is 11.8 Å². The fourth-order valence-corrected chi connectivity index (χ4v) is 5.23. The quantitative estimate of drug-likeness (QED) is 0.702. The van der Waals surface area contributed by atoms with Gasteiger partial charge in [0.2, 0.25) is 15.9 Å². The summed E-state index contributed by atoms with van der Waals surface area (Å²) in [4.78, 5) is 13.8. The summed E-state index contributed by atoms with van der Waals surface area (Å²) in [6, 6.07) is 12.3. The van der Waals surface area contributed by atoms with Crippen LogP contribution < -0.4 is 5.32 Å². The number of anilines is 1. The van der Waals surface area contributed by atoms with Crippen molar-refractivity contribution in [3.63, 3.8) is 0 Å². The Balaban J connectivity index is 1.61. The van der Waals surface area contributed by atoms with Crippen molar-refractivity contribution >= 4 is 45.0 Å². The lowest BCUT2D eigenvalue weighted by Gasteiger charge is -2.30. The number of hydrogen-bond donors (Lipinski definition) is 1. The first kappa shape index (κ1) is 21.2. The van der Waals surface area contributed by atoms with E-state index in [4.69, 9.17) is 11.6 Å². The molecule has 1 aliphatic rings. The third-order valence-electron chi connectivity index (χ3n) is 4.96. The highest BCUT2D eigenvalue weighted by Gasteiger charge is 2.32. The van der Waals surface area contributed by atoms with Crippen LogP contribution >= 0.6 is 23.4 Å². The highest BCUT2D eigenvalue weighted by molar-refractivity contribution is 7.98. The fraction of sp³-hybridized carbons (Fsp3) is 0.350. The molecule has 2 aromatic carbocycles. The molecule has 2 aromatic rings. The molecule has 0 unspecified atom stereocenters. The van der Waals surface area contributed by atoms with Gasteiger partial charge < -0.3 is 5.32 Å². The Morgan fingerprint density at radius 1 is 1.14 bits per heavy atom. The Bertz CT molecular complexity index is 954. The van der Waals surface area contributed by atoms with Crippen LogP contribution in [0.1, 0.15) is 18.4 Å². The van der Waals surface area contributed by atoms with Gasteiger partial charge in [0.15, 0.2) is 0 Å². The van der Waals surface area contributed by atoms with Gasteiger partial charge in [-0.1, -0.05) is 17.7 Å². The van der Waals surface area contributed by atoms with E-state index in [1.165, 1.54) is 4.31 Å². The minimum atomic E-state index is -3.53. The number of hydrogen-bond acceptors (Lipinski definition) is 4. The van der Waals surface area contributed by atoms with Gasteiger partial charge in [0.1, 0.15) is 0 Å². The molecule has 0 radical (unpaired) electrons. The summed E-state index contributed by atoms with van der Waals surface area (Å²) in [6.45, 7) is 2.57. The largest absolute Gasteiger partial charge is 0.326 e. The van der Waals surface area contributed by atoms with Crippen LogP contribution in [0.15, 0.2) is 52.3 Å². The first-order valence-electron chi connectivity index (χ1n) is 9.02. The van der Waals surface area contributed by atoms with E-state index in [0.29, 0.717) is 41.5 Å². The molecule has 8 heteroatoms. The molecule has 1 amide bonds. The second-order valence-corrected chi connectivity index (χ2v) is 10.0. The van der Waals surface area contributed by atoms with E-state index in [9.17, 15) is 13.2 Å². The molecule has 5 nitrogen and oxygen atoms in total. The number of carbonyl (C=O) groups excluding carboxylic acids is 1. The number of sulfonamides is 1. The Kier molecular flexibility index (Phi) is 6.70. The Morgan fingerprint density at radius 2 is 1.79 bits per heavy atom. The summed E-state index contributed by atoms with van der Waals surface area (Å²) in [6.07, 6.45) is 2.94. The number of rotatable bonds is 5. The summed E-state index contributed by atoms with van der Waals surface area (Å²) >= 11 is 7.67. The van der Waals surface area contributed by atoms with Gasteiger partial charge in [-0.05, 0) is 68.0 Å². The number of carbonyl (C=O) groups is 1. The van der Waals surface area contributed by atoms with E-state index >= 15 is 0 Å². The average Bonchev–Trinajstić information content (AvgIpc) is 2.71. The number of thioether (sulfide) groups is 1. The molecule has 1 N–H and O–H groups in total. The first-order valence-corrected chi connectivity index (χ1v) is 12.1. The standard InChI is InChI=1S/C20H23ClN2O3S2/c1-14-3-4-16(13-19(14)21)22-20(24)15-9-11-23(12-10-15)28(25,26)18-7-5-17(27-2)6-8-18/h3-8,13,15H,9-12H2,1-2H3,(H,22,24). The maximum absolute atomic E-state index is 12.8. The molecule has 0 atom stereocenters. The number of amides is 1. The van der Waals surface area contributed by atoms with Gasteiger partial charge in [-0.25, -0.2) is 8.42 Å². The van der Waals surface area contributed by atoms with Crippen LogP contribution in [0.2, 0.25) is 5.02 Å². The molecular weight excluding hydrogens is 416 g/mol. The molecule has 0 bridgehead atoms. The van der Waals surface area contributed by atoms with Crippen LogP contribution in [0.3, 0.4) is 0 Å². The molecule has 1 fully saturated rings. The zero-order valence-corrected chi connectivity index (χ0v) is 18.2. The Hall–Kier alpha value is -1.54. The van der Waals surface area contributed by atoms with E-state index in [0.717, 1.165) is 10.5 Å². The van der Waals surface area contributed by atoms with Crippen LogP contribution in [0.25, 0.3) is 0 Å². The highest BCUT2D eigenvalue weighted by Crippen LogP contribution is 2.27. The molecule has 3 rings (SSSR count). The van der Waals surface area contributed by atoms with Crippen molar-refractivity contribution in [3.05, 3.63) is 53.1 Å². The second-order valence-electron chi connectivity index (χ2n) is 6.81. The number of nitrogens with one attached hydrogen (secondary N) is 1. The third kappa shape index (κ3) is 4.71. The summed E-state index contributed by atoms with van der Waals surface area (Å²) in [5.74, 6) is -0.313. The lowest BCUT2D eigenvalue weighted by Crippen LogP contribution is -2.41. The van der Waals surface area contributed by atoms with Crippen molar-refractivity contribution in [2.24, 2.45) is 5.92 Å². The van der Waals surface area contributed by atoms with Crippen molar-refractivity contribution in [3.8, 4) is 0 Å². The van der Waals surface area contributed by atoms with Crippen LogP contribution in [-0.4, -0.2) is 38.0 Å². The summed E-state index contributed by atoms with van der Waals surface area (Å²) in [7, 11) is -3.53. The topological polar surface area (TPSA) is 66.5 Å². The molecule has 1 saturated heterocycles. The number of benzene rings is 2. The average molecular weight is 439 g/mol. The summed E-state index contributed by atoms with van der Waals surface area (Å²) in [5.41, 5.74) is 1.60. The predicted octanol–water partition coefficient (Wildman–Crippen LogP) is 4.41. The minimum absolute atomic E-state index is 0.0960. The molecule has 0 saturated carbocycles. The minimum Gasteiger partial charge on any atom is -0.326 e. The van der Waals surface area contributed by atoms with Gasteiger partial charge in [0.25, 0.3) is 0 Å². The maximum atomic E-state index is 12.8. The zero-order chi connectivity index (χ0) is 20.3. The van der Waals surface area contributed by atoms with Crippen LogP contribution in [-0.2, 0) is 14.8 Å². The van der Waals surface area contributed by atoms with E-state index in [-0.39, 0.29) is 11.8 Å². The van der Waals surface area contributed by atoms with Crippen molar-refractivity contribution < 1.29 is 13.2 Å². The molecular formula is C20H23ClN2O3S2.